The van der Waals surface area contributed by atoms with E-state index in [2.05, 4.69) is 5.32 Å². The molecule has 0 aromatic heterocycles. The molecule has 5 nitrogen and oxygen atoms in total. The Morgan fingerprint density at radius 3 is 2.76 bits per heavy atom. The van der Waals surface area contributed by atoms with Crippen molar-refractivity contribution in [1.82, 2.24) is 10.2 Å². The van der Waals surface area contributed by atoms with E-state index in [9.17, 15) is 9.59 Å². The highest BCUT2D eigenvalue weighted by Crippen LogP contribution is 2.26. The van der Waals surface area contributed by atoms with Crippen LogP contribution in [0, 0.1) is 5.92 Å². The highest BCUT2D eigenvalue weighted by atomic mass is 16.2. The van der Waals surface area contributed by atoms with Crippen LogP contribution in [-0.4, -0.2) is 41.9 Å². The maximum atomic E-state index is 12.6. The molecule has 2 aliphatic rings. The molecule has 1 aliphatic carbocycles. The molecular weight excluding hydrogens is 266 g/mol. The molecule has 0 bridgehead atoms. The Morgan fingerprint density at radius 2 is 2.05 bits per heavy atom. The average molecular weight is 295 g/mol. The first-order valence-corrected chi connectivity index (χ1v) is 8.44. The summed E-state index contributed by atoms with van der Waals surface area (Å²) in [5.41, 5.74) is 5.99. The van der Waals surface area contributed by atoms with Crippen molar-refractivity contribution in [3.63, 3.8) is 0 Å². The van der Waals surface area contributed by atoms with Crippen LogP contribution in [0.3, 0.4) is 0 Å². The predicted molar refractivity (Wildman–Crippen MR) is 82.6 cm³/mol. The van der Waals surface area contributed by atoms with Crippen molar-refractivity contribution in [3.8, 4) is 0 Å². The molecule has 0 aromatic carbocycles. The fourth-order valence-electron chi connectivity index (χ4n) is 3.53. The average Bonchev–Trinajstić information content (AvgIpc) is 2.47. The fraction of sp³-hybridized carbons (Fsp3) is 0.875. The quantitative estimate of drug-likeness (QED) is 0.823. The fourth-order valence-corrected chi connectivity index (χ4v) is 3.53. The summed E-state index contributed by atoms with van der Waals surface area (Å²) in [5.74, 6) is 0.454. The molecule has 120 valence electrons. The third kappa shape index (κ3) is 4.70. The van der Waals surface area contributed by atoms with Crippen LogP contribution < -0.4 is 11.1 Å². The van der Waals surface area contributed by atoms with E-state index in [0.29, 0.717) is 13.0 Å². The smallest absolute Gasteiger partial charge is 0.225 e. The highest BCUT2D eigenvalue weighted by molar-refractivity contribution is 5.79. The molecule has 3 unspecified atom stereocenters. The number of hydrogen-bond acceptors (Lipinski definition) is 3. The van der Waals surface area contributed by atoms with E-state index in [0.717, 1.165) is 51.5 Å². The van der Waals surface area contributed by atoms with Gasteiger partial charge < -0.3 is 16.0 Å². The molecule has 0 aromatic rings. The molecule has 0 spiro atoms. The van der Waals surface area contributed by atoms with Crippen LogP contribution in [0.2, 0.25) is 0 Å². The predicted octanol–water partition coefficient (Wildman–Crippen LogP) is 1.41. The number of nitrogens with two attached hydrogens (primary N) is 1. The van der Waals surface area contributed by atoms with Gasteiger partial charge in [0, 0.05) is 37.5 Å². The van der Waals surface area contributed by atoms with E-state index in [-0.39, 0.29) is 29.8 Å². The second-order valence-corrected chi connectivity index (χ2v) is 6.56. The Hall–Kier alpha value is -1.10. The summed E-state index contributed by atoms with van der Waals surface area (Å²) in [6.45, 7) is 3.49. The molecule has 1 aliphatic heterocycles. The molecule has 3 atom stereocenters. The summed E-state index contributed by atoms with van der Waals surface area (Å²) >= 11 is 0. The molecular formula is C16H29N3O2. The largest absolute Gasteiger partial charge is 0.352 e. The minimum atomic E-state index is 0.0962. The highest BCUT2D eigenvalue weighted by Gasteiger charge is 2.31. The summed E-state index contributed by atoms with van der Waals surface area (Å²) in [6.07, 6.45) is 7.27. The van der Waals surface area contributed by atoms with Gasteiger partial charge in [-0.05, 0) is 38.5 Å². The first-order chi connectivity index (χ1) is 10.1. The van der Waals surface area contributed by atoms with Crippen molar-refractivity contribution < 1.29 is 9.59 Å². The molecule has 2 amide bonds. The van der Waals surface area contributed by atoms with E-state index in [1.54, 1.807) is 0 Å². The zero-order chi connectivity index (χ0) is 15.2. The van der Waals surface area contributed by atoms with Gasteiger partial charge in [0.15, 0.2) is 0 Å². The van der Waals surface area contributed by atoms with Crippen LogP contribution in [0.1, 0.15) is 58.3 Å². The molecule has 3 N–H and O–H groups in total. The zero-order valence-corrected chi connectivity index (χ0v) is 13.1. The summed E-state index contributed by atoms with van der Waals surface area (Å²) in [7, 11) is 0. The van der Waals surface area contributed by atoms with E-state index < -0.39 is 0 Å². The van der Waals surface area contributed by atoms with Gasteiger partial charge in [0.2, 0.25) is 11.8 Å². The topological polar surface area (TPSA) is 75.4 Å². The van der Waals surface area contributed by atoms with E-state index in [1.807, 2.05) is 11.8 Å². The van der Waals surface area contributed by atoms with Crippen molar-refractivity contribution in [2.75, 3.05) is 13.1 Å². The summed E-state index contributed by atoms with van der Waals surface area (Å²) in [4.78, 5) is 26.3. The van der Waals surface area contributed by atoms with Crippen molar-refractivity contribution in [2.45, 2.75) is 70.4 Å². The molecule has 21 heavy (non-hydrogen) atoms. The first kappa shape index (κ1) is 16.3. The maximum absolute atomic E-state index is 12.6. The van der Waals surface area contributed by atoms with Crippen LogP contribution in [0.4, 0.5) is 0 Å². The molecule has 1 heterocycles. The standard InChI is InChI=1S/C16H29N3O2/c1-2-5-15(20)18-14-8-4-9-19(11-14)16(21)12-6-3-7-13(17)10-12/h12-14H,2-11,17H2,1H3,(H,18,20). The third-order valence-electron chi connectivity index (χ3n) is 4.64. The minimum absolute atomic E-state index is 0.0962. The van der Waals surface area contributed by atoms with E-state index in [4.69, 9.17) is 5.73 Å². The number of nitrogens with zero attached hydrogens (tertiary/aromatic N) is 1. The van der Waals surface area contributed by atoms with Crippen LogP contribution >= 0.6 is 0 Å². The normalized spacial score (nSPS) is 30.0. The molecule has 2 rings (SSSR count). The zero-order valence-electron chi connectivity index (χ0n) is 13.1. The van der Waals surface area contributed by atoms with Gasteiger partial charge in [0.1, 0.15) is 0 Å². The lowest BCUT2D eigenvalue weighted by atomic mass is 9.85. The number of carbonyl (C=O) groups is 2. The van der Waals surface area contributed by atoms with Gasteiger partial charge in [0.25, 0.3) is 0 Å². The Labute approximate surface area is 127 Å². The Balaban J connectivity index is 1.85. The van der Waals surface area contributed by atoms with Crippen molar-refractivity contribution in [3.05, 3.63) is 0 Å². The molecule has 1 saturated carbocycles. The minimum Gasteiger partial charge on any atom is -0.352 e. The summed E-state index contributed by atoms with van der Waals surface area (Å²) in [5, 5.41) is 3.06. The maximum Gasteiger partial charge on any atom is 0.225 e. The van der Waals surface area contributed by atoms with E-state index >= 15 is 0 Å². The number of likely N-dealkylation sites (tertiary alicyclic amines) is 1. The number of amides is 2. The number of carbonyl (C=O) groups excluding carboxylic acids is 2. The van der Waals surface area contributed by atoms with Gasteiger partial charge in [-0.2, -0.15) is 0 Å². The molecule has 2 fully saturated rings. The number of nitrogens with one attached hydrogen (secondary N) is 1. The molecule has 1 saturated heterocycles. The van der Waals surface area contributed by atoms with Gasteiger partial charge in [-0.1, -0.05) is 13.3 Å². The van der Waals surface area contributed by atoms with Crippen LogP contribution in [0.25, 0.3) is 0 Å². The summed E-state index contributed by atoms with van der Waals surface area (Å²) < 4.78 is 0. The van der Waals surface area contributed by atoms with Crippen molar-refractivity contribution in [1.29, 1.82) is 0 Å². The summed E-state index contributed by atoms with van der Waals surface area (Å²) in [6, 6.07) is 0.302. The van der Waals surface area contributed by atoms with Crippen LogP contribution in [-0.2, 0) is 9.59 Å². The lowest BCUT2D eigenvalue weighted by Crippen LogP contribution is -2.51. The van der Waals surface area contributed by atoms with E-state index in [1.165, 1.54) is 0 Å². The van der Waals surface area contributed by atoms with Gasteiger partial charge in [-0.15, -0.1) is 0 Å². The van der Waals surface area contributed by atoms with Gasteiger partial charge in [-0.25, -0.2) is 0 Å². The Morgan fingerprint density at radius 1 is 1.24 bits per heavy atom. The van der Waals surface area contributed by atoms with Crippen LogP contribution in [0.15, 0.2) is 0 Å². The Bertz CT molecular complexity index is 373. The second kappa shape index (κ2) is 7.78. The van der Waals surface area contributed by atoms with Crippen LogP contribution in [0.5, 0.6) is 0 Å². The monoisotopic (exact) mass is 295 g/mol. The molecule has 5 heteroatoms. The number of hydrogen-bond donors (Lipinski definition) is 2. The van der Waals surface area contributed by atoms with Gasteiger partial charge in [-0.3, -0.25) is 9.59 Å². The lowest BCUT2D eigenvalue weighted by molar-refractivity contribution is -0.138. The van der Waals surface area contributed by atoms with Gasteiger partial charge in [0.05, 0.1) is 0 Å². The number of rotatable bonds is 4. The first-order valence-electron chi connectivity index (χ1n) is 8.44. The molecule has 0 radical (unpaired) electrons. The van der Waals surface area contributed by atoms with Gasteiger partial charge >= 0.3 is 0 Å². The SMILES string of the molecule is CCCC(=O)NC1CCCN(C(=O)C2CCCC(N)C2)C1. The second-order valence-electron chi connectivity index (χ2n) is 6.56. The third-order valence-corrected chi connectivity index (χ3v) is 4.64. The van der Waals surface area contributed by atoms with Crippen molar-refractivity contribution in [2.24, 2.45) is 11.7 Å². The van der Waals surface area contributed by atoms with Crippen molar-refractivity contribution >= 4 is 11.8 Å². The Kier molecular flexibility index (Phi) is 6.03. The lowest BCUT2D eigenvalue weighted by Gasteiger charge is -2.37. The number of piperidine rings is 1.